The van der Waals surface area contributed by atoms with Gasteiger partial charge in [-0.1, -0.05) is 0 Å². The highest BCUT2D eigenvalue weighted by Gasteiger charge is 2.47. The Balaban J connectivity index is 1.42. The number of nitrogens with zero attached hydrogens (tertiary/aromatic N) is 2. The Bertz CT molecular complexity index is 707. The van der Waals surface area contributed by atoms with Crippen molar-refractivity contribution in [3.8, 4) is 0 Å². The predicted molar refractivity (Wildman–Crippen MR) is 82.7 cm³/mol. The van der Waals surface area contributed by atoms with Gasteiger partial charge in [0.2, 0.25) is 5.91 Å². The molecule has 0 bridgehead atoms. The van der Waals surface area contributed by atoms with E-state index in [-0.39, 0.29) is 29.9 Å². The summed E-state index contributed by atoms with van der Waals surface area (Å²) >= 11 is 0. The second kappa shape index (κ2) is 5.53. The number of aromatic nitrogens is 2. The topological polar surface area (TPSA) is 69.3 Å². The summed E-state index contributed by atoms with van der Waals surface area (Å²) in [5.74, 6) is 1.27. The Morgan fingerprint density at radius 1 is 1.48 bits per heavy atom. The largest absolute Gasteiger partial charge is 0.469 e. The number of carbonyl (C=O) groups excluding carboxylic acids is 1. The maximum absolute atomic E-state index is 12.5. The first-order valence-electron chi connectivity index (χ1n) is 8.09. The van der Waals surface area contributed by atoms with Crippen LogP contribution in [-0.4, -0.2) is 28.3 Å². The molecule has 2 aromatic rings. The van der Waals surface area contributed by atoms with Crippen LogP contribution >= 0.6 is 0 Å². The molecule has 1 aliphatic carbocycles. The van der Waals surface area contributed by atoms with Crippen molar-refractivity contribution < 1.29 is 13.9 Å². The number of rotatable bonds is 4. The van der Waals surface area contributed by atoms with E-state index < -0.39 is 0 Å². The van der Waals surface area contributed by atoms with Gasteiger partial charge in [-0.05, 0) is 31.9 Å². The summed E-state index contributed by atoms with van der Waals surface area (Å²) in [6, 6.07) is 3.83. The summed E-state index contributed by atoms with van der Waals surface area (Å²) in [6.45, 7) is 2.69. The van der Waals surface area contributed by atoms with E-state index in [2.05, 4.69) is 10.4 Å². The van der Waals surface area contributed by atoms with Gasteiger partial charge in [0.15, 0.2) is 0 Å². The number of hydrogen-bond acceptors (Lipinski definition) is 4. The van der Waals surface area contributed by atoms with Crippen molar-refractivity contribution in [2.75, 3.05) is 6.61 Å². The molecule has 4 atom stereocenters. The Labute approximate surface area is 134 Å². The molecule has 0 radical (unpaired) electrons. The molecular weight excluding hydrogens is 294 g/mol. The summed E-state index contributed by atoms with van der Waals surface area (Å²) in [7, 11) is 1.92. The molecule has 1 saturated heterocycles. The third-order valence-electron chi connectivity index (χ3n) is 5.03. The van der Waals surface area contributed by atoms with Gasteiger partial charge < -0.3 is 14.5 Å². The molecule has 0 aromatic carbocycles. The summed E-state index contributed by atoms with van der Waals surface area (Å²) in [5, 5.41) is 7.45. The molecule has 3 heterocycles. The quantitative estimate of drug-likeness (QED) is 0.938. The van der Waals surface area contributed by atoms with Gasteiger partial charge in [-0.2, -0.15) is 5.10 Å². The molecule has 0 spiro atoms. The smallest absolute Gasteiger partial charge is 0.224 e. The molecule has 1 amide bonds. The Morgan fingerprint density at radius 2 is 2.35 bits per heavy atom. The van der Waals surface area contributed by atoms with Crippen molar-refractivity contribution in [1.29, 1.82) is 0 Å². The number of aryl methyl sites for hydroxylation is 1. The third-order valence-corrected chi connectivity index (χ3v) is 5.03. The second-order valence-electron chi connectivity index (χ2n) is 6.47. The summed E-state index contributed by atoms with van der Waals surface area (Å²) in [6.07, 6.45) is 5.10. The van der Waals surface area contributed by atoms with Crippen molar-refractivity contribution in [3.63, 3.8) is 0 Å². The minimum absolute atomic E-state index is 0.0169. The van der Waals surface area contributed by atoms with E-state index in [1.807, 2.05) is 37.0 Å². The first-order valence-corrected chi connectivity index (χ1v) is 8.09. The van der Waals surface area contributed by atoms with E-state index in [1.54, 1.807) is 6.26 Å². The zero-order valence-corrected chi connectivity index (χ0v) is 13.4. The summed E-state index contributed by atoms with van der Waals surface area (Å²) in [4.78, 5) is 12.5. The van der Waals surface area contributed by atoms with Gasteiger partial charge in [-0.25, -0.2) is 0 Å². The molecule has 2 aromatic heterocycles. The monoisotopic (exact) mass is 315 g/mol. The van der Waals surface area contributed by atoms with Crippen LogP contribution in [0.1, 0.15) is 41.9 Å². The fraction of sp³-hybridized carbons (Fsp3) is 0.529. The van der Waals surface area contributed by atoms with Crippen LogP contribution in [0.2, 0.25) is 0 Å². The van der Waals surface area contributed by atoms with Crippen LogP contribution in [0.15, 0.2) is 29.0 Å². The van der Waals surface area contributed by atoms with Gasteiger partial charge in [0.25, 0.3) is 0 Å². The molecule has 1 aliphatic heterocycles. The zero-order chi connectivity index (χ0) is 16.0. The van der Waals surface area contributed by atoms with Gasteiger partial charge >= 0.3 is 0 Å². The Morgan fingerprint density at radius 3 is 3.04 bits per heavy atom. The first kappa shape index (κ1) is 14.5. The van der Waals surface area contributed by atoms with Crippen LogP contribution in [0.25, 0.3) is 0 Å². The van der Waals surface area contributed by atoms with Crippen molar-refractivity contribution in [3.05, 3.63) is 41.6 Å². The minimum Gasteiger partial charge on any atom is -0.469 e. The van der Waals surface area contributed by atoms with E-state index in [9.17, 15) is 4.79 Å². The number of nitrogens with one attached hydrogen (secondary N) is 1. The van der Waals surface area contributed by atoms with Gasteiger partial charge in [0, 0.05) is 36.7 Å². The average molecular weight is 315 g/mol. The minimum atomic E-state index is -0.103. The molecule has 23 heavy (non-hydrogen) atoms. The lowest BCUT2D eigenvalue weighted by atomic mass is 10.0. The normalized spacial score (nSPS) is 29.7. The number of hydrogen-bond donors (Lipinski definition) is 1. The molecule has 6 heteroatoms. The predicted octanol–water partition coefficient (Wildman–Crippen LogP) is 2.07. The zero-order valence-electron chi connectivity index (χ0n) is 13.4. The standard InChI is InChI=1S/C17H21N3O3/c1-10-13(9-18-20(10)2)16-14(5-7-23-16)19-17(21)12-8-11(12)15-4-3-6-22-15/h3-4,6,9,11-12,14,16H,5,7-8H2,1-2H3,(H,19,21)/t11-,12-,14-,16+/m0/s1. The Kier molecular flexibility index (Phi) is 3.49. The lowest BCUT2D eigenvalue weighted by Gasteiger charge is -2.20. The van der Waals surface area contributed by atoms with Crippen LogP contribution in [0.4, 0.5) is 0 Å². The highest BCUT2D eigenvalue weighted by atomic mass is 16.5. The third kappa shape index (κ3) is 2.57. The van der Waals surface area contributed by atoms with E-state index in [0.29, 0.717) is 6.61 Å². The molecule has 4 rings (SSSR count). The fourth-order valence-corrected chi connectivity index (χ4v) is 3.43. The van der Waals surface area contributed by atoms with Crippen LogP contribution < -0.4 is 5.32 Å². The summed E-state index contributed by atoms with van der Waals surface area (Å²) in [5.41, 5.74) is 2.14. The van der Waals surface area contributed by atoms with E-state index in [0.717, 1.165) is 29.9 Å². The number of amides is 1. The van der Waals surface area contributed by atoms with Crippen molar-refractivity contribution in [2.45, 2.75) is 37.8 Å². The molecule has 0 unspecified atom stereocenters. The first-order chi connectivity index (χ1) is 11.1. The molecule has 1 saturated carbocycles. The van der Waals surface area contributed by atoms with Crippen LogP contribution in [0, 0.1) is 12.8 Å². The van der Waals surface area contributed by atoms with Crippen molar-refractivity contribution >= 4 is 5.91 Å². The fourth-order valence-electron chi connectivity index (χ4n) is 3.43. The van der Waals surface area contributed by atoms with E-state index in [4.69, 9.17) is 9.15 Å². The van der Waals surface area contributed by atoms with Crippen LogP contribution in [-0.2, 0) is 16.6 Å². The van der Waals surface area contributed by atoms with Gasteiger partial charge in [0.05, 0.1) is 18.5 Å². The molecule has 2 aliphatic rings. The molecular formula is C17H21N3O3. The van der Waals surface area contributed by atoms with E-state index in [1.165, 1.54) is 0 Å². The molecule has 2 fully saturated rings. The lowest BCUT2D eigenvalue weighted by molar-refractivity contribution is -0.123. The highest BCUT2D eigenvalue weighted by Crippen LogP contribution is 2.48. The maximum Gasteiger partial charge on any atom is 0.224 e. The van der Waals surface area contributed by atoms with Crippen LogP contribution in [0.3, 0.4) is 0 Å². The van der Waals surface area contributed by atoms with Crippen molar-refractivity contribution in [1.82, 2.24) is 15.1 Å². The van der Waals surface area contributed by atoms with Gasteiger partial charge in [-0.15, -0.1) is 0 Å². The average Bonchev–Trinajstić information content (AvgIpc) is 2.90. The van der Waals surface area contributed by atoms with E-state index >= 15 is 0 Å². The second-order valence-corrected chi connectivity index (χ2v) is 6.47. The van der Waals surface area contributed by atoms with Crippen LogP contribution in [0.5, 0.6) is 0 Å². The molecule has 6 nitrogen and oxygen atoms in total. The number of ether oxygens (including phenoxy) is 1. The SMILES string of the molecule is Cc1c([C@H]2OCC[C@@H]2NC(=O)[C@H]2C[C@@H]2c2ccco2)cnn1C. The summed E-state index contributed by atoms with van der Waals surface area (Å²) < 4.78 is 13.1. The molecule has 1 N–H and O–H groups in total. The van der Waals surface area contributed by atoms with Crippen molar-refractivity contribution in [2.24, 2.45) is 13.0 Å². The van der Waals surface area contributed by atoms with Gasteiger partial charge in [0.1, 0.15) is 11.9 Å². The highest BCUT2D eigenvalue weighted by molar-refractivity contribution is 5.83. The maximum atomic E-state index is 12.5. The Hall–Kier alpha value is -2.08. The number of carbonyl (C=O) groups is 1. The lowest BCUT2D eigenvalue weighted by Crippen LogP contribution is -2.38. The molecule has 122 valence electrons. The number of furan rings is 1. The van der Waals surface area contributed by atoms with Gasteiger partial charge in [-0.3, -0.25) is 9.48 Å².